The third kappa shape index (κ3) is 3.03. The lowest BCUT2D eigenvalue weighted by atomic mass is 10.2. The maximum atomic E-state index is 12.3. The minimum Gasteiger partial charge on any atom is -0.293 e. The van der Waals surface area contributed by atoms with Crippen LogP contribution in [-0.4, -0.2) is 25.7 Å². The molecule has 0 radical (unpaired) electrons. The van der Waals surface area contributed by atoms with Crippen LogP contribution >= 0.6 is 27.7 Å². The van der Waals surface area contributed by atoms with Crippen molar-refractivity contribution >= 4 is 44.3 Å². The summed E-state index contributed by atoms with van der Waals surface area (Å²) in [4.78, 5) is 40.7. The molecule has 1 aliphatic heterocycles. The topological polar surface area (TPSA) is 73.4 Å². The summed E-state index contributed by atoms with van der Waals surface area (Å²) in [5, 5.41) is 0.673. The Morgan fingerprint density at radius 1 is 1.29 bits per heavy atom. The number of benzene rings is 1. The monoisotopic (exact) mass is 407 g/mol. The molecule has 2 heterocycles. The van der Waals surface area contributed by atoms with Gasteiger partial charge in [-0.3, -0.25) is 18.7 Å². The zero-order chi connectivity index (χ0) is 17.4. The number of ketones is 1. The summed E-state index contributed by atoms with van der Waals surface area (Å²) in [5.74, 6) is 0.611. The number of hydrogen-bond donors (Lipinski definition) is 0. The van der Waals surface area contributed by atoms with Crippen molar-refractivity contribution in [1.82, 2.24) is 9.13 Å². The first-order chi connectivity index (χ1) is 11.4. The Labute approximate surface area is 150 Å². The van der Waals surface area contributed by atoms with Crippen LogP contribution in [0.25, 0.3) is 0 Å². The fourth-order valence-electron chi connectivity index (χ4n) is 2.49. The molecule has 0 aliphatic carbocycles. The number of aromatic nitrogens is 2. The molecule has 0 amide bonds. The second-order valence-corrected chi connectivity index (χ2v) is 7.38. The second kappa shape index (κ2) is 6.52. The molecular weight excluding hydrogens is 394 g/mol. The lowest BCUT2D eigenvalue weighted by Gasteiger charge is -2.05. The number of Topliss-reactive ketones (excluding diaryl/α,β-unsaturated/α-hetero) is 1. The molecular formula is C16H14BrN3O3S. The van der Waals surface area contributed by atoms with Crippen LogP contribution in [0.4, 0.5) is 5.82 Å². The zero-order valence-corrected chi connectivity index (χ0v) is 15.5. The van der Waals surface area contributed by atoms with Gasteiger partial charge in [0.05, 0.1) is 16.4 Å². The molecule has 0 unspecified atom stereocenters. The summed E-state index contributed by atoms with van der Waals surface area (Å²) in [7, 11) is 3.04. The smallest absolute Gasteiger partial charge is 0.293 e. The van der Waals surface area contributed by atoms with Gasteiger partial charge < -0.3 is 0 Å². The molecule has 1 aromatic heterocycles. The van der Waals surface area contributed by atoms with E-state index in [2.05, 4.69) is 20.9 Å². The Bertz CT molecular complexity index is 991. The van der Waals surface area contributed by atoms with E-state index in [0.717, 1.165) is 9.04 Å². The quantitative estimate of drug-likeness (QED) is 0.729. The van der Waals surface area contributed by atoms with E-state index in [9.17, 15) is 14.4 Å². The van der Waals surface area contributed by atoms with E-state index in [0.29, 0.717) is 28.4 Å². The third-order valence-corrected chi connectivity index (χ3v) is 5.27. The first kappa shape index (κ1) is 16.9. The molecule has 0 saturated heterocycles. The molecule has 0 atom stereocenters. The fourth-order valence-corrected chi connectivity index (χ4v) is 3.75. The van der Waals surface area contributed by atoms with E-state index in [4.69, 9.17) is 0 Å². The SMILES string of the molecule is Cn1c2c(c(=O)n(C)c1=O)CC(SCC(=O)c1cccc(Br)c1)=N2. The van der Waals surface area contributed by atoms with Crippen LogP contribution < -0.4 is 11.2 Å². The zero-order valence-electron chi connectivity index (χ0n) is 13.1. The van der Waals surface area contributed by atoms with Crippen LogP contribution in [0.3, 0.4) is 0 Å². The van der Waals surface area contributed by atoms with Crippen LogP contribution in [0.2, 0.25) is 0 Å². The van der Waals surface area contributed by atoms with Crippen molar-refractivity contribution in [3.8, 4) is 0 Å². The van der Waals surface area contributed by atoms with Gasteiger partial charge in [0.2, 0.25) is 0 Å². The van der Waals surface area contributed by atoms with Crippen LogP contribution in [0.15, 0.2) is 43.3 Å². The van der Waals surface area contributed by atoms with E-state index >= 15 is 0 Å². The average Bonchev–Trinajstić information content (AvgIpc) is 3.00. The minimum absolute atomic E-state index is 0.0123. The highest BCUT2D eigenvalue weighted by atomic mass is 79.9. The fraction of sp³-hybridized carbons (Fsp3) is 0.250. The summed E-state index contributed by atoms with van der Waals surface area (Å²) in [6.07, 6.45) is 0.354. The summed E-state index contributed by atoms with van der Waals surface area (Å²) in [6.45, 7) is 0. The van der Waals surface area contributed by atoms with E-state index in [1.54, 1.807) is 19.2 Å². The number of fused-ring (bicyclic) bond motifs is 1. The van der Waals surface area contributed by atoms with Crippen LogP contribution in [-0.2, 0) is 20.5 Å². The van der Waals surface area contributed by atoms with Gasteiger partial charge in [-0.05, 0) is 12.1 Å². The van der Waals surface area contributed by atoms with Gasteiger partial charge in [0, 0.05) is 30.6 Å². The standard InChI is InChI=1S/C16H14BrN3O3S/c1-19-14-11(15(22)20(2)16(19)23)7-13(18-14)24-8-12(21)9-4-3-5-10(17)6-9/h3-6H,7-8H2,1-2H3. The summed E-state index contributed by atoms with van der Waals surface area (Å²) < 4.78 is 3.29. The highest BCUT2D eigenvalue weighted by Gasteiger charge is 2.23. The second-order valence-electron chi connectivity index (χ2n) is 5.41. The van der Waals surface area contributed by atoms with Gasteiger partial charge in [0.1, 0.15) is 5.82 Å². The van der Waals surface area contributed by atoms with Crippen molar-refractivity contribution in [3.05, 3.63) is 60.7 Å². The van der Waals surface area contributed by atoms with Gasteiger partial charge >= 0.3 is 5.69 Å². The maximum absolute atomic E-state index is 12.3. The predicted molar refractivity (Wildman–Crippen MR) is 98.7 cm³/mol. The molecule has 0 N–H and O–H groups in total. The van der Waals surface area contributed by atoms with E-state index in [1.807, 2.05) is 12.1 Å². The van der Waals surface area contributed by atoms with Gasteiger partial charge in [0.25, 0.3) is 5.56 Å². The van der Waals surface area contributed by atoms with Crippen molar-refractivity contribution in [3.63, 3.8) is 0 Å². The molecule has 8 heteroatoms. The first-order valence-corrected chi connectivity index (χ1v) is 8.94. The lowest BCUT2D eigenvalue weighted by molar-refractivity contribution is 0.102. The van der Waals surface area contributed by atoms with Gasteiger partial charge in [-0.15, -0.1) is 11.8 Å². The van der Waals surface area contributed by atoms with E-state index in [-0.39, 0.29) is 17.1 Å². The van der Waals surface area contributed by atoms with Crippen molar-refractivity contribution in [2.75, 3.05) is 5.75 Å². The van der Waals surface area contributed by atoms with Crippen molar-refractivity contribution in [2.24, 2.45) is 19.1 Å². The molecule has 0 spiro atoms. The Kier molecular flexibility index (Phi) is 4.60. The summed E-state index contributed by atoms with van der Waals surface area (Å²) in [6, 6.07) is 7.20. The molecule has 124 valence electrons. The van der Waals surface area contributed by atoms with Gasteiger partial charge in [-0.1, -0.05) is 28.1 Å². The maximum Gasteiger partial charge on any atom is 0.332 e. The number of carbonyl (C=O) groups is 1. The Morgan fingerprint density at radius 2 is 2.04 bits per heavy atom. The Hall–Kier alpha value is -1.93. The van der Waals surface area contributed by atoms with Gasteiger partial charge in [-0.25, -0.2) is 9.79 Å². The minimum atomic E-state index is -0.404. The van der Waals surface area contributed by atoms with Gasteiger partial charge in [0.15, 0.2) is 5.78 Å². The molecule has 1 aromatic carbocycles. The third-order valence-electron chi connectivity index (χ3n) is 3.80. The number of aliphatic imine (C=N–C) groups is 1. The molecule has 3 rings (SSSR count). The first-order valence-electron chi connectivity index (χ1n) is 7.16. The lowest BCUT2D eigenvalue weighted by Crippen LogP contribution is -2.38. The highest BCUT2D eigenvalue weighted by Crippen LogP contribution is 2.26. The van der Waals surface area contributed by atoms with Crippen LogP contribution in [0, 0.1) is 0 Å². The van der Waals surface area contributed by atoms with Gasteiger partial charge in [-0.2, -0.15) is 0 Å². The van der Waals surface area contributed by atoms with Crippen LogP contribution in [0.5, 0.6) is 0 Å². The van der Waals surface area contributed by atoms with Crippen molar-refractivity contribution < 1.29 is 4.79 Å². The molecule has 6 nitrogen and oxygen atoms in total. The Balaban J connectivity index is 1.78. The number of hydrogen-bond acceptors (Lipinski definition) is 5. The number of nitrogens with zero attached hydrogens (tertiary/aromatic N) is 3. The average molecular weight is 408 g/mol. The van der Waals surface area contributed by atoms with Crippen molar-refractivity contribution in [2.45, 2.75) is 6.42 Å². The summed E-state index contributed by atoms with van der Waals surface area (Å²) in [5.41, 5.74) is 0.387. The molecule has 0 bridgehead atoms. The molecule has 2 aromatic rings. The number of carbonyl (C=O) groups excluding carboxylic acids is 1. The van der Waals surface area contributed by atoms with E-state index in [1.165, 1.54) is 23.4 Å². The molecule has 0 saturated carbocycles. The highest BCUT2D eigenvalue weighted by molar-refractivity contribution is 9.10. The molecule has 24 heavy (non-hydrogen) atoms. The number of halogens is 1. The van der Waals surface area contributed by atoms with E-state index < -0.39 is 5.69 Å². The van der Waals surface area contributed by atoms with Crippen LogP contribution in [0.1, 0.15) is 15.9 Å². The Morgan fingerprint density at radius 3 is 2.75 bits per heavy atom. The normalized spacial score (nSPS) is 12.9. The molecule has 0 fully saturated rings. The largest absolute Gasteiger partial charge is 0.332 e. The molecule has 1 aliphatic rings. The number of thioether (sulfide) groups is 1. The van der Waals surface area contributed by atoms with Crippen molar-refractivity contribution in [1.29, 1.82) is 0 Å². The number of rotatable bonds is 3. The predicted octanol–water partition coefficient (Wildman–Crippen LogP) is 2.05. The summed E-state index contributed by atoms with van der Waals surface area (Å²) >= 11 is 4.64.